The van der Waals surface area contributed by atoms with Gasteiger partial charge in [-0.05, 0) is 38.0 Å². The molecule has 0 unspecified atom stereocenters. The van der Waals surface area contributed by atoms with Gasteiger partial charge in [0.05, 0.1) is 13.2 Å². The second kappa shape index (κ2) is 7.25. The van der Waals surface area contributed by atoms with E-state index in [1.54, 1.807) is 0 Å². The first-order chi connectivity index (χ1) is 9.97. The molecule has 21 heavy (non-hydrogen) atoms. The van der Waals surface area contributed by atoms with Crippen molar-refractivity contribution in [3.63, 3.8) is 0 Å². The maximum Gasteiger partial charge on any atom is 0.233 e. The van der Waals surface area contributed by atoms with Gasteiger partial charge in [-0.3, -0.25) is 10.1 Å². The molecule has 116 valence electrons. The van der Waals surface area contributed by atoms with E-state index in [-0.39, 0.29) is 11.4 Å². The van der Waals surface area contributed by atoms with Gasteiger partial charge in [-0.1, -0.05) is 23.7 Å². The van der Waals surface area contributed by atoms with Gasteiger partial charge in [0.2, 0.25) is 5.91 Å². The molecule has 1 heterocycles. The molecule has 1 aromatic rings. The number of halogens is 1. The van der Waals surface area contributed by atoms with Crippen molar-refractivity contribution in [2.75, 3.05) is 26.3 Å². The van der Waals surface area contributed by atoms with Crippen LogP contribution in [0.25, 0.3) is 0 Å². The highest BCUT2D eigenvalue weighted by Gasteiger charge is 2.21. The SMILES string of the molecule is CC(C)(NCC(=O)NC[C@H]1CCOC1)c1ccc(Cl)cc1. The number of hydrogen-bond acceptors (Lipinski definition) is 3. The lowest BCUT2D eigenvalue weighted by Crippen LogP contribution is -2.44. The third kappa shape index (κ3) is 4.99. The van der Waals surface area contributed by atoms with E-state index in [0.29, 0.717) is 24.0 Å². The summed E-state index contributed by atoms with van der Waals surface area (Å²) in [5, 5.41) is 6.95. The van der Waals surface area contributed by atoms with Gasteiger partial charge in [0, 0.05) is 29.6 Å². The number of carbonyl (C=O) groups is 1. The van der Waals surface area contributed by atoms with Gasteiger partial charge in [0.25, 0.3) is 0 Å². The first-order valence-electron chi connectivity index (χ1n) is 7.33. The highest BCUT2D eigenvalue weighted by molar-refractivity contribution is 6.30. The molecule has 0 spiro atoms. The van der Waals surface area contributed by atoms with Crippen LogP contribution >= 0.6 is 11.6 Å². The van der Waals surface area contributed by atoms with E-state index >= 15 is 0 Å². The monoisotopic (exact) mass is 310 g/mol. The quantitative estimate of drug-likeness (QED) is 0.848. The molecule has 0 aromatic heterocycles. The predicted molar refractivity (Wildman–Crippen MR) is 84.4 cm³/mol. The molecule has 1 saturated heterocycles. The molecule has 0 radical (unpaired) electrons. The van der Waals surface area contributed by atoms with Gasteiger partial charge in [-0.2, -0.15) is 0 Å². The number of ether oxygens (including phenoxy) is 1. The number of carbonyl (C=O) groups excluding carboxylic acids is 1. The molecule has 1 amide bonds. The highest BCUT2D eigenvalue weighted by Crippen LogP contribution is 2.21. The molecular weight excluding hydrogens is 288 g/mol. The molecule has 1 fully saturated rings. The topological polar surface area (TPSA) is 50.4 Å². The summed E-state index contributed by atoms with van der Waals surface area (Å²) in [6.45, 7) is 6.65. The Morgan fingerprint density at radius 2 is 2.10 bits per heavy atom. The Morgan fingerprint density at radius 1 is 1.38 bits per heavy atom. The molecule has 5 heteroatoms. The minimum Gasteiger partial charge on any atom is -0.381 e. The van der Waals surface area contributed by atoms with E-state index in [1.165, 1.54) is 0 Å². The highest BCUT2D eigenvalue weighted by atomic mass is 35.5. The second-order valence-electron chi connectivity index (χ2n) is 6.02. The molecule has 2 N–H and O–H groups in total. The van der Waals surface area contributed by atoms with Crippen molar-refractivity contribution >= 4 is 17.5 Å². The fourth-order valence-electron chi connectivity index (χ4n) is 2.33. The van der Waals surface area contributed by atoms with Crippen LogP contribution in [-0.2, 0) is 15.1 Å². The van der Waals surface area contributed by atoms with Crippen LogP contribution in [0.15, 0.2) is 24.3 Å². The maximum atomic E-state index is 11.9. The van der Waals surface area contributed by atoms with Crippen LogP contribution in [0.4, 0.5) is 0 Å². The Labute approximate surface area is 131 Å². The summed E-state index contributed by atoms with van der Waals surface area (Å²) in [5.74, 6) is 0.474. The van der Waals surface area contributed by atoms with Gasteiger partial charge in [-0.25, -0.2) is 0 Å². The summed E-state index contributed by atoms with van der Waals surface area (Å²) in [6.07, 6.45) is 1.03. The van der Waals surface area contributed by atoms with Gasteiger partial charge in [-0.15, -0.1) is 0 Å². The van der Waals surface area contributed by atoms with E-state index in [4.69, 9.17) is 16.3 Å². The standard InChI is InChI=1S/C16H23ClN2O2/c1-16(2,13-3-5-14(17)6-4-13)19-10-15(20)18-9-12-7-8-21-11-12/h3-6,12,19H,7-11H2,1-2H3,(H,18,20)/t12-/m1/s1. The van der Waals surface area contributed by atoms with Gasteiger partial charge < -0.3 is 10.1 Å². The number of nitrogens with one attached hydrogen (secondary N) is 2. The average molecular weight is 311 g/mol. The third-order valence-electron chi connectivity index (χ3n) is 3.87. The van der Waals surface area contributed by atoms with Crippen molar-refractivity contribution in [1.29, 1.82) is 0 Å². The van der Waals surface area contributed by atoms with Crippen LogP contribution in [0, 0.1) is 5.92 Å². The summed E-state index contributed by atoms with van der Waals surface area (Å²) in [4.78, 5) is 11.9. The number of rotatable bonds is 6. The molecule has 0 aliphatic carbocycles. The maximum absolute atomic E-state index is 11.9. The van der Waals surface area contributed by atoms with E-state index in [9.17, 15) is 4.79 Å². The lowest BCUT2D eigenvalue weighted by Gasteiger charge is -2.27. The van der Waals surface area contributed by atoms with E-state index < -0.39 is 0 Å². The van der Waals surface area contributed by atoms with Crippen molar-refractivity contribution in [3.05, 3.63) is 34.9 Å². The zero-order valence-corrected chi connectivity index (χ0v) is 13.4. The summed E-state index contributed by atoms with van der Waals surface area (Å²) in [6, 6.07) is 7.67. The summed E-state index contributed by atoms with van der Waals surface area (Å²) in [7, 11) is 0. The zero-order valence-electron chi connectivity index (χ0n) is 12.6. The Bertz CT molecular complexity index is 468. The van der Waals surface area contributed by atoms with Gasteiger partial charge in [0.1, 0.15) is 0 Å². The third-order valence-corrected chi connectivity index (χ3v) is 4.12. The Hall–Kier alpha value is -1.10. The summed E-state index contributed by atoms with van der Waals surface area (Å²) in [5.41, 5.74) is 0.821. The average Bonchev–Trinajstić information content (AvgIpc) is 2.97. The summed E-state index contributed by atoms with van der Waals surface area (Å²) >= 11 is 5.90. The van der Waals surface area contributed by atoms with Crippen LogP contribution < -0.4 is 10.6 Å². The Morgan fingerprint density at radius 3 is 2.71 bits per heavy atom. The number of hydrogen-bond donors (Lipinski definition) is 2. The molecule has 0 bridgehead atoms. The molecular formula is C16H23ClN2O2. The molecule has 2 rings (SSSR count). The molecule has 1 aliphatic heterocycles. The Kier molecular flexibility index (Phi) is 5.62. The molecule has 1 aliphatic rings. The molecule has 1 aromatic carbocycles. The van der Waals surface area contributed by atoms with Crippen molar-refractivity contribution in [2.45, 2.75) is 25.8 Å². The van der Waals surface area contributed by atoms with Crippen LogP contribution in [0.2, 0.25) is 5.02 Å². The second-order valence-corrected chi connectivity index (χ2v) is 6.46. The normalized spacial score (nSPS) is 18.7. The largest absolute Gasteiger partial charge is 0.381 e. The smallest absolute Gasteiger partial charge is 0.233 e. The predicted octanol–water partition coefficient (Wildman–Crippen LogP) is 2.32. The lowest BCUT2D eigenvalue weighted by molar-refractivity contribution is -0.120. The van der Waals surface area contributed by atoms with Gasteiger partial charge in [0.15, 0.2) is 0 Å². The zero-order chi connectivity index (χ0) is 15.3. The van der Waals surface area contributed by atoms with Crippen molar-refractivity contribution in [2.24, 2.45) is 5.92 Å². The molecule has 0 saturated carbocycles. The van der Waals surface area contributed by atoms with Crippen molar-refractivity contribution in [3.8, 4) is 0 Å². The van der Waals surface area contributed by atoms with Crippen LogP contribution in [0.1, 0.15) is 25.8 Å². The number of benzene rings is 1. The Balaban J connectivity index is 1.77. The number of amides is 1. The minimum absolute atomic E-state index is 0.0175. The summed E-state index contributed by atoms with van der Waals surface area (Å²) < 4.78 is 5.29. The van der Waals surface area contributed by atoms with Crippen molar-refractivity contribution in [1.82, 2.24) is 10.6 Å². The van der Waals surface area contributed by atoms with E-state index in [2.05, 4.69) is 10.6 Å². The van der Waals surface area contributed by atoms with Crippen LogP contribution in [0.3, 0.4) is 0 Å². The molecule has 1 atom stereocenters. The fraction of sp³-hybridized carbons (Fsp3) is 0.562. The molecule has 4 nitrogen and oxygen atoms in total. The van der Waals surface area contributed by atoms with Crippen LogP contribution in [0.5, 0.6) is 0 Å². The minimum atomic E-state index is -0.279. The first-order valence-corrected chi connectivity index (χ1v) is 7.71. The van der Waals surface area contributed by atoms with E-state index in [1.807, 2.05) is 38.1 Å². The van der Waals surface area contributed by atoms with Crippen molar-refractivity contribution < 1.29 is 9.53 Å². The lowest BCUT2D eigenvalue weighted by atomic mass is 9.94. The fourth-order valence-corrected chi connectivity index (χ4v) is 2.46. The first kappa shape index (κ1) is 16.3. The van der Waals surface area contributed by atoms with Gasteiger partial charge >= 0.3 is 0 Å². The van der Waals surface area contributed by atoms with Crippen LogP contribution in [-0.4, -0.2) is 32.2 Å². The van der Waals surface area contributed by atoms with E-state index in [0.717, 1.165) is 25.2 Å².